The fraction of sp³-hybridized carbons (Fsp3) is 0.391. The summed E-state index contributed by atoms with van der Waals surface area (Å²) in [4.78, 5) is 0.112. The molecule has 0 amide bonds. The van der Waals surface area contributed by atoms with Crippen molar-refractivity contribution in [3.63, 3.8) is 0 Å². The van der Waals surface area contributed by atoms with Gasteiger partial charge in [-0.1, -0.05) is 41.6 Å². The minimum absolute atomic E-state index is 0.107. The molecule has 0 radical (unpaired) electrons. The van der Waals surface area contributed by atoms with Crippen LogP contribution in [-0.2, 0) is 21.3 Å². The van der Waals surface area contributed by atoms with Gasteiger partial charge in [0.25, 0.3) is 0 Å². The van der Waals surface area contributed by atoms with Crippen molar-refractivity contribution in [1.29, 1.82) is 0 Å². The molecule has 0 spiro atoms. The first-order chi connectivity index (χ1) is 16.0. The minimum Gasteiger partial charge on any atom is -0.497 e. The standard InChI is InChI=1S/C23H28N4O5S/c1-31-19-8-5-9-20(14-19)33(29,30)25-21-11-10-18(32-23(21)16-28)12-13-27-15-22(24-26-27)17-6-3-2-4-7-17/h2-9,14-15,18,21,23,25,28H,10-13,16H2,1H3/t18-,21+,23-/m1/s1. The maximum Gasteiger partial charge on any atom is 0.241 e. The normalized spacial score (nSPS) is 21.1. The Kier molecular flexibility index (Phi) is 7.39. The number of benzene rings is 2. The van der Waals surface area contributed by atoms with Crippen LogP contribution >= 0.6 is 0 Å². The largest absolute Gasteiger partial charge is 0.497 e. The van der Waals surface area contributed by atoms with Crippen LogP contribution in [0.3, 0.4) is 0 Å². The van der Waals surface area contributed by atoms with Crippen LogP contribution in [0.1, 0.15) is 19.3 Å². The Hall–Kier alpha value is -2.79. The van der Waals surface area contributed by atoms with E-state index in [1.165, 1.54) is 19.2 Å². The monoisotopic (exact) mass is 472 g/mol. The molecule has 3 atom stereocenters. The zero-order valence-corrected chi connectivity index (χ0v) is 19.2. The van der Waals surface area contributed by atoms with Gasteiger partial charge in [0.1, 0.15) is 11.4 Å². The summed E-state index contributed by atoms with van der Waals surface area (Å²) in [5.74, 6) is 0.458. The summed E-state index contributed by atoms with van der Waals surface area (Å²) in [6.45, 7) is 0.339. The number of aromatic nitrogens is 3. The van der Waals surface area contributed by atoms with Gasteiger partial charge in [0, 0.05) is 18.2 Å². The average molecular weight is 473 g/mol. The first-order valence-corrected chi connectivity index (χ1v) is 12.3. The summed E-state index contributed by atoms with van der Waals surface area (Å²) >= 11 is 0. The van der Waals surface area contributed by atoms with Gasteiger partial charge in [0.15, 0.2) is 0 Å². The van der Waals surface area contributed by atoms with Crippen LogP contribution in [0.25, 0.3) is 11.3 Å². The Labute approximate surface area is 193 Å². The highest BCUT2D eigenvalue weighted by Crippen LogP contribution is 2.25. The average Bonchev–Trinajstić information content (AvgIpc) is 3.33. The van der Waals surface area contributed by atoms with Crippen LogP contribution in [0.15, 0.2) is 65.7 Å². The predicted octanol–water partition coefficient (Wildman–Crippen LogP) is 2.23. The second kappa shape index (κ2) is 10.4. The Bertz CT molecular complexity index is 1150. The van der Waals surface area contributed by atoms with Crippen molar-refractivity contribution in [1.82, 2.24) is 19.7 Å². The zero-order valence-electron chi connectivity index (χ0n) is 18.4. The van der Waals surface area contributed by atoms with Gasteiger partial charge in [-0.3, -0.25) is 4.68 Å². The summed E-state index contributed by atoms with van der Waals surface area (Å²) in [5.41, 5.74) is 1.81. The molecule has 9 nitrogen and oxygen atoms in total. The third-order valence-corrected chi connectivity index (χ3v) is 7.23. The van der Waals surface area contributed by atoms with E-state index < -0.39 is 22.2 Å². The minimum atomic E-state index is -3.78. The van der Waals surface area contributed by atoms with E-state index >= 15 is 0 Å². The summed E-state index contributed by atoms with van der Waals surface area (Å²) < 4.78 is 41.2. The molecule has 4 rings (SSSR count). The van der Waals surface area contributed by atoms with Gasteiger partial charge in [0.2, 0.25) is 10.0 Å². The van der Waals surface area contributed by atoms with Crippen molar-refractivity contribution >= 4 is 10.0 Å². The Morgan fingerprint density at radius 3 is 2.76 bits per heavy atom. The molecule has 0 saturated carbocycles. The van der Waals surface area contributed by atoms with Crippen LogP contribution in [-0.4, -0.2) is 60.5 Å². The molecule has 1 aromatic heterocycles. The fourth-order valence-corrected chi connectivity index (χ4v) is 5.27. The number of nitrogens with one attached hydrogen (secondary N) is 1. The van der Waals surface area contributed by atoms with E-state index in [-0.39, 0.29) is 17.6 Å². The van der Waals surface area contributed by atoms with Crippen molar-refractivity contribution in [2.45, 2.75) is 49.0 Å². The van der Waals surface area contributed by atoms with E-state index in [9.17, 15) is 13.5 Å². The molecule has 1 saturated heterocycles. The molecule has 0 bridgehead atoms. The number of nitrogens with zero attached hydrogens (tertiary/aromatic N) is 3. The smallest absolute Gasteiger partial charge is 0.241 e. The zero-order chi connectivity index (χ0) is 23.3. The SMILES string of the molecule is COc1cccc(S(=O)(=O)N[C@H]2CC[C@H](CCn3cc(-c4ccccc4)nn3)O[C@@H]2CO)c1. The second-order valence-electron chi connectivity index (χ2n) is 7.98. The first-order valence-electron chi connectivity index (χ1n) is 10.9. The molecule has 0 aliphatic carbocycles. The molecule has 176 valence electrons. The lowest BCUT2D eigenvalue weighted by Gasteiger charge is -2.36. The highest BCUT2D eigenvalue weighted by atomic mass is 32.2. The van der Waals surface area contributed by atoms with E-state index in [1.807, 2.05) is 36.5 Å². The van der Waals surface area contributed by atoms with Gasteiger partial charge in [-0.2, -0.15) is 0 Å². The molecule has 2 heterocycles. The number of sulfonamides is 1. The van der Waals surface area contributed by atoms with Gasteiger partial charge >= 0.3 is 0 Å². The van der Waals surface area contributed by atoms with Crippen molar-refractivity contribution in [2.24, 2.45) is 0 Å². The number of methoxy groups -OCH3 is 1. The summed E-state index contributed by atoms with van der Waals surface area (Å²) in [7, 11) is -2.29. The summed E-state index contributed by atoms with van der Waals surface area (Å²) in [5, 5.41) is 18.2. The quantitative estimate of drug-likeness (QED) is 0.491. The van der Waals surface area contributed by atoms with Crippen LogP contribution < -0.4 is 9.46 Å². The van der Waals surface area contributed by atoms with Crippen LogP contribution in [0.4, 0.5) is 0 Å². The first kappa shape index (κ1) is 23.4. The van der Waals surface area contributed by atoms with Crippen LogP contribution in [0.5, 0.6) is 5.75 Å². The third-order valence-electron chi connectivity index (χ3n) is 5.74. The van der Waals surface area contributed by atoms with Gasteiger partial charge < -0.3 is 14.6 Å². The lowest BCUT2D eigenvalue weighted by Crippen LogP contribution is -2.50. The number of rotatable bonds is 9. The maximum atomic E-state index is 12.8. The van der Waals surface area contributed by atoms with Crippen LogP contribution in [0, 0.1) is 0 Å². The number of hydrogen-bond acceptors (Lipinski definition) is 7. The lowest BCUT2D eigenvalue weighted by molar-refractivity contribution is -0.0891. The molecule has 0 unspecified atom stereocenters. The van der Waals surface area contributed by atoms with E-state index in [4.69, 9.17) is 9.47 Å². The Balaban J connectivity index is 1.33. The van der Waals surface area contributed by atoms with E-state index in [0.29, 0.717) is 31.6 Å². The van der Waals surface area contributed by atoms with Gasteiger partial charge in [-0.05, 0) is 31.4 Å². The molecular formula is C23H28N4O5S. The molecule has 1 aliphatic rings. The van der Waals surface area contributed by atoms with Crippen molar-refractivity contribution < 1.29 is 23.0 Å². The lowest BCUT2D eigenvalue weighted by atomic mass is 9.98. The number of aryl methyl sites for hydroxylation is 1. The molecular weight excluding hydrogens is 444 g/mol. The fourth-order valence-electron chi connectivity index (χ4n) is 3.94. The van der Waals surface area contributed by atoms with Gasteiger partial charge in [0.05, 0.1) is 43.1 Å². The molecule has 2 aromatic carbocycles. The van der Waals surface area contributed by atoms with Crippen molar-refractivity contribution in [3.8, 4) is 17.0 Å². The predicted molar refractivity (Wildman–Crippen MR) is 122 cm³/mol. The topological polar surface area (TPSA) is 116 Å². The molecule has 1 fully saturated rings. The number of ether oxygens (including phenoxy) is 2. The third kappa shape index (κ3) is 5.77. The molecule has 1 aliphatic heterocycles. The summed E-state index contributed by atoms with van der Waals surface area (Å²) in [6.07, 6.45) is 3.08. The number of hydrogen-bond donors (Lipinski definition) is 2. The van der Waals surface area contributed by atoms with E-state index in [2.05, 4.69) is 15.0 Å². The number of aliphatic hydroxyl groups excluding tert-OH is 1. The highest BCUT2D eigenvalue weighted by molar-refractivity contribution is 7.89. The number of aliphatic hydroxyl groups is 1. The van der Waals surface area contributed by atoms with Crippen LogP contribution in [0.2, 0.25) is 0 Å². The van der Waals surface area contributed by atoms with E-state index in [0.717, 1.165) is 11.3 Å². The van der Waals surface area contributed by atoms with E-state index in [1.54, 1.807) is 16.8 Å². The Morgan fingerprint density at radius 2 is 2.00 bits per heavy atom. The molecule has 2 N–H and O–H groups in total. The van der Waals surface area contributed by atoms with Gasteiger partial charge in [-0.25, -0.2) is 13.1 Å². The second-order valence-corrected chi connectivity index (χ2v) is 9.70. The highest BCUT2D eigenvalue weighted by Gasteiger charge is 2.34. The molecule has 3 aromatic rings. The maximum absolute atomic E-state index is 12.8. The molecule has 10 heteroatoms. The Morgan fingerprint density at radius 1 is 1.18 bits per heavy atom. The van der Waals surface area contributed by atoms with Crippen molar-refractivity contribution in [2.75, 3.05) is 13.7 Å². The van der Waals surface area contributed by atoms with Crippen molar-refractivity contribution in [3.05, 3.63) is 60.8 Å². The molecule has 33 heavy (non-hydrogen) atoms. The van der Waals surface area contributed by atoms with Gasteiger partial charge in [-0.15, -0.1) is 5.10 Å². The summed E-state index contributed by atoms with van der Waals surface area (Å²) in [6, 6.07) is 15.6.